The summed E-state index contributed by atoms with van der Waals surface area (Å²) in [6.07, 6.45) is 2.68. The summed E-state index contributed by atoms with van der Waals surface area (Å²) >= 11 is 6.08. The molecule has 9 heteroatoms. The van der Waals surface area contributed by atoms with Crippen LogP contribution in [0.2, 0.25) is 5.02 Å². The number of rotatable bonds is 6. The van der Waals surface area contributed by atoms with Gasteiger partial charge in [0.25, 0.3) is 11.5 Å². The van der Waals surface area contributed by atoms with Crippen molar-refractivity contribution < 1.29 is 19.1 Å². The SMILES string of the molecule is COC(=O)[C@@H](Cc1c[nH]c2ccccc12)NC(=O)c1cc2c(n(-c3ccc(Cl)cc3)c1=O)CC(C)(C)CC2=O. The van der Waals surface area contributed by atoms with E-state index in [-0.39, 0.29) is 29.6 Å². The largest absolute Gasteiger partial charge is 0.467 e. The lowest BCUT2D eigenvalue weighted by Crippen LogP contribution is -2.46. The molecule has 1 aliphatic carbocycles. The number of benzene rings is 2. The summed E-state index contributed by atoms with van der Waals surface area (Å²) in [5.41, 5.74) is 1.88. The number of amides is 1. The number of fused-ring (bicyclic) bond motifs is 2. The van der Waals surface area contributed by atoms with Crippen LogP contribution in [0.3, 0.4) is 0 Å². The number of carbonyl (C=O) groups is 3. The van der Waals surface area contributed by atoms with E-state index in [0.717, 1.165) is 16.5 Å². The Morgan fingerprint density at radius 3 is 2.54 bits per heavy atom. The molecule has 2 aromatic heterocycles. The number of halogens is 1. The summed E-state index contributed by atoms with van der Waals surface area (Å²) < 4.78 is 6.37. The Morgan fingerprint density at radius 2 is 1.82 bits per heavy atom. The van der Waals surface area contributed by atoms with Crippen LogP contribution in [0, 0.1) is 5.41 Å². The van der Waals surface area contributed by atoms with Gasteiger partial charge in [0.05, 0.1) is 7.11 Å². The molecule has 1 amide bonds. The van der Waals surface area contributed by atoms with Crippen molar-refractivity contribution >= 4 is 40.2 Å². The molecule has 0 spiro atoms. The van der Waals surface area contributed by atoms with Crippen molar-refractivity contribution in [1.82, 2.24) is 14.9 Å². The quantitative estimate of drug-likeness (QED) is 0.343. The molecule has 0 saturated heterocycles. The van der Waals surface area contributed by atoms with E-state index in [1.807, 2.05) is 38.1 Å². The fourth-order valence-corrected chi connectivity index (χ4v) is 5.36. The monoisotopic (exact) mass is 545 g/mol. The molecule has 5 rings (SSSR count). The van der Waals surface area contributed by atoms with Crippen LogP contribution in [0.15, 0.2) is 65.6 Å². The third-order valence-corrected chi connectivity index (χ3v) is 7.36. The van der Waals surface area contributed by atoms with Crippen molar-refractivity contribution in [1.29, 1.82) is 0 Å². The zero-order valence-electron chi connectivity index (χ0n) is 21.8. The zero-order valence-corrected chi connectivity index (χ0v) is 22.6. The summed E-state index contributed by atoms with van der Waals surface area (Å²) in [7, 11) is 1.24. The van der Waals surface area contributed by atoms with Crippen molar-refractivity contribution in [3.63, 3.8) is 0 Å². The second-order valence-corrected chi connectivity index (χ2v) is 11.0. The Kier molecular flexibility index (Phi) is 6.91. The van der Waals surface area contributed by atoms with Gasteiger partial charge in [-0.1, -0.05) is 43.6 Å². The number of pyridine rings is 1. The highest BCUT2D eigenvalue weighted by atomic mass is 35.5. The minimum atomic E-state index is -1.06. The van der Waals surface area contributed by atoms with Crippen LogP contribution in [-0.2, 0) is 22.4 Å². The van der Waals surface area contributed by atoms with Crippen LogP contribution in [0.25, 0.3) is 16.6 Å². The Bertz CT molecular complexity index is 1670. The number of Topliss-reactive ketones (excluding diaryl/α,β-unsaturated/α-hetero) is 1. The van der Waals surface area contributed by atoms with E-state index in [1.165, 1.54) is 17.7 Å². The minimum Gasteiger partial charge on any atom is -0.467 e. The Hall–Kier alpha value is -4.17. The van der Waals surface area contributed by atoms with Gasteiger partial charge in [-0.15, -0.1) is 0 Å². The summed E-state index contributed by atoms with van der Waals surface area (Å²) in [5.74, 6) is -1.57. The van der Waals surface area contributed by atoms with Gasteiger partial charge in [-0.05, 0) is 53.8 Å². The fourth-order valence-electron chi connectivity index (χ4n) is 5.23. The van der Waals surface area contributed by atoms with Gasteiger partial charge in [-0.3, -0.25) is 19.0 Å². The van der Waals surface area contributed by atoms with Gasteiger partial charge in [-0.2, -0.15) is 0 Å². The van der Waals surface area contributed by atoms with Crippen molar-refractivity contribution in [2.45, 2.75) is 39.2 Å². The number of nitrogens with one attached hydrogen (secondary N) is 2. The van der Waals surface area contributed by atoms with Gasteiger partial charge in [0.15, 0.2) is 5.78 Å². The van der Waals surface area contributed by atoms with E-state index in [0.29, 0.717) is 28.4 Å². The molecule has 0 bridgehead atoms. The lowest BCUT2D eigenvalue weighted by molar-refractivity contribution is -0.142. The number of aromatic nitrogens is 2. The summed E-state index contributed by atoms with van der Waals surface area (Å²) in [6, 6.07) is 14.5. The fraction of sp³-hybridized carbons (Fsp3) is 0.267. The number of ether oxygens (including phenoxy) is 1. The first-order chi connectivity index (χ1) is 18.6. The smallest absolute Gasteiger partial charge is 0.328 e. The van der Waals surface area contributed by atoms with Gasteiger partial charge in [0.1, 0.15) is 11.6 Å². The summed E-state index contributed by atoms with van der Waals surface area (Å²) in [4.78, 5) is 56.5. The van der Waals surface area contributed by atoms with Crippen molar-refractivity contribution in [3.8, 4) is 5.69 Å². The molecule has 1 aliphatic rings. The van der Waals surface area contributed by atoms with E-state index in [2.05, 4.69) is 10.3 Å². The van der Waals surface area contributed by atoms with Gasteiger partial charge in [-0.25, -0.2) is 4.79 Å². The predicted molar refractivity (Wildman–Crippen MR) is 149 cm³/mol. The lowest BCUT2D eigenvalue weighted by atomic mass is 9.75. The van der Waals surface area contributed by atoms with E-state index >= 15 is 0 Å². The molecule has 0 unspecified atom stereocenters. The van der Waals surface area contributed by atoms with E-state index in [4.69, 9.17) is 16.3 Å². The van der Waals surface area contributed by atoms with Gasteiger partial charge < -0.3 is 15.0 Å². The highest BCUT2D eigenvalue weighted by molar-refractivity contribution is 6.30. The molecule has 8 nitrogen and oxygen atoms in total. The van der Waals surface area contributed by atoms with E-state index < -0.39 is 23.5 Å². The van der Waals surface area contributed by atoms with Crippen molar-refractivity contribution in [2.24, 2.45) is 5.41 Å². The molecule has 0 aliphatic heterocycles. The number of hydrogen-bond donors (Lipinski definition) is 2. The maximum atomic E-state index is 13.8. The Labute approximate surface area is 229 Å². The standard InChI is InChI=1S/C30H28ClN3O5/c1-30(2)14-25-21(26(35)15-30)13-22(28(37)34(25)19-10-8-18(31)9-11-19)27(36)33-24(29(38)39-3)12-17-16-32-23-7-5-4-6-20(17)23/h4-11,13,16,24,32H,12,14-15H2,1-3H3,(H,33,36)/t24-/m1/s1. The first-order valence-electron chi connectivity index (χ1n) is 12.6. The van der Waals surface area contributed by atoms with Crippen LogP contribution < -0.4 is 10.9 Å². The second-order valence-electron chi connectivity index (χ2n) is 10.6. The van der Waals surface area contributed by atoms with Gasteiger partial charge >= 0.3 is 5.97 Å². The molecular weight excluding hydrogens is 518 g/mol. The van der Waals surface area contributed by atoms with E-state index in [9.17, 15) is 19.2 Å². The Morgan fingerprint density at radius 1 is 1.10 bits per heavy atom. The van der Waals surface area contributed by atoms with Crippen LogP contribution in [0.5, 0.6) is 0 Å². The average molecular weight is 546 g/mol. The maximum Gasteiger partial charge on any atom is 0.328 e. The van der Waals surface area contributed by atoms with Crippen LogP contribution >= 0.6 is 11.6 Å². The van der Waals surface area contributed by atoms with Crippen LogP contribution in [0.1, 0.15) is 52.2 Å². The number of nitrogens with zero attached hydrogens (tertiary/aromatic N) is 1. The molecule has 200 valence electrons. The first kappa shape index (κ1) is 26.4. The number of H-pyrrole nitrogens is 1. The molecule has 2 heterocycles. The molecule has 39 heavy (non-hydrogen) atoms. The molecule has 2 aromatic carbocycles. The molecular formula is C30H28ClN3O5. The zero-order chi connectivity index (χ0) is 27.9. The Balaban J connectivity index is 1.57. The number of ketones is 1. The number of esters is 1. The number of methoxy groups -OCH3 is 1. The van der Waals surface area contributed by atoms with Crippen LogP contribution in [0.4, 0.5) is 0 Å². The third kappa shape index (κ3) is 5.12. The van der Waals surface area contributed by atoms with Gasteiger partial charge in [0, 0.05) is 51.9 Å². The summed E-state index contributed by atoms with van der Waals surface area (Å²) in [5, 5.41) is 4.08. The van der Waals surface area contributed by atoms with Crippen molar-refractivity contribution in [3.05, 3.63) is 98.6 Å². The molecule has 4 aromatic rings. The highest BCUT2D eigenvalue weighted by Gasteiger charge is 2.35. The van der Waals surface area contributed by atoms with E-state index in [1.54, 1.807) is 30.5 Å². The number of hydrogen-bond acceptors (Lipinski definition) is 5. The number of aromatic amines is 1. The predicted octanol–water partition coefficient (Wildman–Crippen LogP) is 4.64. The molecule has 0 fully saturated rings. The molecule has 2 N–H and O–H groups in total. The van der Waals surface area contributed by atoms with Crippen LogP contribution in [-0.4, -0.2) is 40.4 Å². The average Bonchev–Trinajstić information content (AvgIpc) is 3.30. The molecule has 0 radical (unpaired) electrons. The van der Waals surface area contributed by atoms with Crippen molar-refractivity contribution in [2.75, 3.05) is 7.11 Å². The second kappa shape index (κ2) is 10.2. The van der Waals surface area contributed by atoms with Gasteiger partial charge in [0.2, 0.25) is 0 Å². The normalized spacial score (nSPS) is 15.0. The maximum absolute atomic E-state index is 13.8. The molecule has 1 atom stereocenters. The highest BCUT2D eigenvalue weighted by Crippen LogP contribution is 2.35. The number of para-hydroxylation sites is 1. The lowest BCUT2D eigenvalue weighted by Gasteiger charge is -2.32. The first-order valence-corrected chi connectivity index (χ1v) is 13.0. The topological polar surface area (TPSA) is 110 Å². The molecule has 0 saturated carbocycles. The number of carbonyl (C=O) groups excluding carboxylic acids is 3. The minimum absolute atomic E-state index is 0.145. The third-order valence-electron chi connectivity index (χ3n) is 7.11. The summed E-state index contributed by atoms with van der Waals surface area (Å²) in [6.45, 7) is 3.94.